The van der Waals surface area contributed by atoms with Gasteiger partial charge in [0.05, 0.1) is 12.6 Å². The lowest BCUT2D eigenvalue weighted by Gasteiger charge is -2.37. The van der Waals surface area contributed by atoms with E-state index in [1.165, 1.54) is 0 Å². The molecule has 8 heteroatoms. The molecule has 2 N–H and O–H groups in total. The molecule has 1 aliphatic heterocycles. The van der Waals surface area contributed by atoms with Crippen molar-refractivity contribution in [2.45, 2.75) is 32.7 Å². The second-order valence-electron chi connectivity index (χ2n) is 6.84. The van der Waals surface area contributed by atoms with E-state index in [-0.39, 0.29) is 17.9 Å². The monoisotopic (exact) mass is 414 g/mol. The van der Waals surface area contributed by atoms with Crippen LogP contribution in [0.5, 0.6) is 0 Å². The van der Waals surface area contributed by atoms with E-state index in [1.54, 1.807) is 18.2 Å². The van der Waals surface area contributed by atoms with Gasteiger partial charge in [0.2, 0.25) is 11.8 Å². The molecular formula is C19H28Cl2N4O2. The van der Waals surface area contributed by atoms with E-state index in [0.29, 0.717) is 22.3 Å². The molecule has 0 bridgehead atoms. The molecule has 1 fully saturated rings. The third-order valence-electron chi connectivity index (χ3n) is 4.68. The smallest absolute Gasteiger partial charge is 0.241 e. The predicted molar refractivity (Wildman–Crippen MR) is 110 cm³/mol. The summed E-state index contributed by atoms with van der Waals surface area (Å²) in [6.07, 6.45) is 2.07. The minimum atomic E-state index is -0.275. The van der Waals surface area contributed by atoms with Gasteiger partial charge in [-0.25, -0.2) is 0 Å². The topological polar surface area (TPSA) is 64.7 Å². The Balaban J connectivity index is 1.77. The molecule has 27 heavy (non-hydrogen) atoms. The molecule has 6 nitrogen and oxygen atoms in total. The van der Waals surface area contributed by atoms with Crippen LogP contribution in [0.3, 0.4) is 0 Å². The van der Waals surface area contributed by atoms with Crippen LogP contribution in [0.1, 0.15) is 26.7 Å². The van der Waals surface area contributed by atoms with Gasteiger partial charge in [0.15, 0.2) is 0 Å². The maximum absolute atomic E-state index is 12.5. The Bertz CT molecular complexity index is 628. The van der Waals surface area contributed by atoms with E-state index in [9.17, 15) is 9.59 Å². The SMILES string of the molecule is CCCCNC(=O)CN1CCN([C@@H](C)C(=O)Nc2cc(Cl)cc(Cl)c2)CC1. The number of anilines is 1. The van der Waals surface area contributed by atoms with E-state index in [2.05, 4.69) is 27.4 Å². The average Bonchev–Trinajstić information content (AvgIpc) is 2.61. The summed E-state index contributed by atoms with van der Waals surface area (Å²) in [5, 5.41) is 6.77. The van der Waals surface area contributed by atoms with Gasteiger partial charge in [-0.1, -0.05) is 36.5 Å². The van der Waals surface area contributed by atoms with Crippen LogP contribution in [0.2, 0.25) is 10.0 Å². The maximum Gasteiger partial charge on any atom is 0.241 e. The number of amides is 2. The van der Waals surface area contributed by atoms with Gasteiger partial charge in [-0.05, 0) is 31.5 Å². The molecule has 2 amide bonds. The van der Waals surface area contributed by atoms with Crippen molar-refractivity contribution in [3.63, 3.8) is 0 Å². The number of nitrogens with zero attached hydrogens (tertiary/aromatic N) is 2. The van der Waals surface area contributed by atoms with Crippen molar-refractivity contribution in [3.8, 4) is 0 Å². The zero-order valence-corrected chi connectivity index (χ0v) is 17.4. The van der Waals surface area contributed by atoms with Crippen LogP contribution in [-0.2, 0) is 9.59 Å². The van der Waals surface area contributed by atoms with Crippen molar-refractivity contribution in [2.75, 3.05) is 44.6 Å². The zero-order chi connectivity index (χ0) is 19.8. The molecule has 1 heterocycles. The highest BCUT2D eigenvalue weighted by Gasteiger charge is 2.26. The molecule has 0 unspecified atom stereocenters. The second kappa shape index (κ2) is 10.9. The van der Waals surface area contributed by atoms with Crippen LogP contribution in [0.15, 0.2) is 18.2 Å². The Labute approximate surface area is 171 Å². The fourth-order valence-corrected chi connectivity index (χ4v) is 3.54. The molecule has 0 saturated carbocycles. The van der Waals surface area contributed by atoms with Crippen LogP contribution >= 0.6 is 23.2 Å². The summed E-state index contributed by atoms with van der Waals surface area (Å²) in [6.45, 7) is 8.15. The molecule has 1 aromatic rings. The number of benzene rings is 1. The van der Waals surface area contributed by atoms with Crippen molar-refractivity contribution >= 4 is 40.7 Å². The Morgan fingerprint density at radius 3 is 2.33 bits per heavy atom. The van der Waals surface area contributed by atoms with E-state index in [0.717, 1.165) is 45.6 Å². The standard InChI is InChI=1S/C19H28Cl2N4O2/c1-3-4-5-22-18(26)13-24-6-8-25(9-7-24)14(2)19(27)23-17-11-15(20)10-16(21)12-17/h10-12,14H,3-9,13H2,1-2H3,(H,22,26)(H,23,27)/t14-/m0/s1. The molecule has 1 aromatic carbocycles. The number of rotatable bonds is 8. The fourth-order valence-electron chi connectivity index (χ4n) is 3.01. The Kier molecular flexibility index (Phi) is 8.83. The lowest BCUT2D eigenvalue weighted by Crippen LogP contribution is -2.54. The molecule has 150 valence electrons. The third kappa shape index (κ3) is 7.30. The van der Waals surface area contributed by atoms with Gasteiger partial charge in [0.1, 0.15) is 0 Å². The number of nitrogens with one attached hydrogen (secondary N) is 2. The normalized spacial score (nSPS) is 16.7. The first kappa shape index (κ1) is 22.0. The van der Waals surface area contributed by atoms with Crippen molar-refractivity contribution < 1.29 is 9.59 Å². The number of halogens is 2. The Morgan fingerprint density at radius 2 is 1.74 bits per heavy atom. The second-order valence-corrected chi connectivity index (χ2v) is 7.71. The molecule has 1 aliphatic rings. The average molecular weight is 415 g/mol. The molecule has 0 aromatic heterocycles. The summed E-state index contributed by atoms with van der Waals surface area (Å²) in [5.41, 5.74) is 0.590. The number of hydrogen-bond donors (Lipinski definition) is 2. The van der Waals surface area contributed by atoms with E-state index < -0.39 is 0 Å². The van der Waals surface area contributed by atoms with E-state index in [4.69, 9.17) is 23.2 Å². The number of unbranched alkanes of at least 4 members (excludes halogenated alkanes) is 1. The van der Waals surface area contributed by atoms with E-state index in [1.807, 2.05) is 6.92 Å². The molecule has 0 radical (unpaired) electrons. The molecule has 2 rings (SSSR count). The maximum atomic E-state index is 12.5. The largest absolute Gasteiger partial charge is 0.355 e. The number of hydrogen-bond acceptors (Lipinski definition) is 4. The number of carbonyl (C=O) groups is 2. The lowest BCUT2D eigenvalue weighted by atomic mass is 10.2. The first-order valence-electron chi connectivity index (χ1n) is 9.39. The highest BCUT2D eigenvalue weighted by atomic mass is 35.5. The van der Waals surface area contributed by atoms with Crippen molar-refractivity contribution in [3.05, 3.63) is 28.2 Å². The first-order chi connectivity index (χ1) is 12.9. The van der Waals surface area contributed by atoms with Gasteiger partial charge in [-0.2, -0.15) is 0 Å². The molecular weight excluding hydrogens is 387 g/mol. The minimum absolute atomic E-state index is 0.0699. The quantitative estimate of drug-likeness (QED) is 0.641. The highest BCUT2D eigenvalue weighted by Crippen LogP contribution is 2.22. The first-order valence-corrected chi connectivity index (χ1v) is 10.1. The summed E-state index contributed by atoms with van der Waals surface area (Å²) < 4.78 is 0. The minimum Gasteiger partial charge on any atom is -0.355 e. The Hall–Kier alpha value is -1.34. The van der Waals surface area contributed by atoms with Crippen LogP contribution in [-0.4, -0.2) is 66.9 Å². The van der Waals surface area contributed by atoms with Crippen LogP contribution in [0, 0.1) is 0 Å². The van der Waals surface area contributed by atoms with Gasteiger partial charge in [0.25, 0.3) is 0 Å². The van der Waals surface area contributed by atoms with E-state index >= 15 is 0 Å². The van der Waals surface area contributed by atoms with Gasteiger partial charge in [0, 0.05) is 48.5 Å². The van der Waals surface area contributed by atoms with Crippen LogP contribution in [0.25, 0.3) is 0 Å². The molecule has 0 spiro atoms. The molecule has 1 saturated heterocycles. The van der Waals surface area contributed by atoms with Crippen molar-refractivity contribution in [1.82, 2.24) is 15.1 Å². The summed E-state index contributed by atoms with van der Waals surface area (Å²) in [7, 11) is 0. The number of carbonyl (C=O) groups excluding carboxylic acids is 2. The zero-order valence-electron chi connectivity index (χ0n) is 15.9. The summed E-state index contributed by atoms with van der Waals surface area (Å²) >= 11 is 11.9. The third-order valence-corrected chi connectivity index (χ3v) is 5.12. The molecule has 0 aliphatic carbocycles. The highest BCUT2D eigenvalue weighted by molar-refractivity contribution is 6.35. The Morgan fingerprint density at radius 1 is 1.11 bits per heavy atom. The number of piperazine rings is 1. The molecule has 1 atom stereocenters. The van der Waals surface area contributed by atoms with Gasteiger partial charge in [-0.3, -0.25) is 19.4 Å². The summed E-state index contributed by atoms with van der Waals surface area (Å²) in [6, 6.07) is 4.70. The van der Waals surface area contributed by atoms with Crippen LogP contribution in [0.4, 0.5) is 5.69 Å². The van der Waals surface area contributed by atoms with Crippen molar-refractivity contribution in [2.24, 2.45) is 0 Å². The van der Waals surface area contributed by atoms with Gasteiger partial charge < -0.3 is 10.6 Å². The summed E-state index contributed by atoms with van der Waals surface area (Å²) in [4.78, 5) is 28.7. The van der Waals surface area contributed by atoms with Gasteiger partial charge >= 0.3 is 0 Å². The van der Waals surface area contributed by atoms with Crippen molar-refractivity contribution in [1.29, 1.82) is 0 Å². The predicted octanol–water partition coefficient (Wildman–Crippen LogP) is 2.85. The van der Waals surface area contributed by atoms with Gasteiger partial charge in [-0.15, -0.1) is 0 Å². The summed E-state index contributed by atoms with van der Waals surface area (Å²) in [5.74, 6) is -0.0281. The van der Waals surface area contributed by atoms with Crippen LogP contribution < -0.4 is 10.6 Å². The lowest BCUT2D eigenvalue weighted by molar-refractivity contribution is -0.124. The fraction of sp³-hybridized carbons (Fsp3) is 0.579.